The number of carbonyl (C=O) groups is 7. The molecule has 4 aliphatic heterocycles. The van der Waals surface area contributed by atoms with Crippen LogP contribution >= 0.6 is 11.2 Å². The third kappa shape index (κ3) is 19.3. The summed E-state index contributed by atoms with van der Waals surface area (Å²) >= 11 is -4.74. The van der Waals surface area contributed by atoms with Crippen LogP contribution in [0.5, 0.6) is 11.5 Å². The molecule has 9 rings (SSSR count). The first-order chi connectivity index (χ1) is 47.1. The van der Waals surface area contributed by atoms with Gasteiger partial charge in [0.1, 0.15) is 36.3 Å². The number of anilines is 1. The number of aliphatic hydroxyl groups is 8. The summed E-state index contributed by atoms with van der Waals surface area (Å²) in [5, 5.41) is 114. The SMILES string of the molecule is Cc1ccc(C2CCC(N3CCN(c4ccc(-c5ccc(C(=O)NC6C[C@@H](O)CNC(=O)[C@@H]7[C@@H](O)[C@@H](C)CN7C(=O)[C@H]([C@H](O)CCNC(CO)CO)NC(=O)[C@H]([C@H](O)Cc7ccc(O)c(OS(O)(O)O)c7)NC(=O)[C@@H]7C[C@@H](O)CN7C(=O)[C@H]([C@@H](C)O)NC6=O)cc5)cc4)CC3)CC2)cc1. The molecule has 4 aromatic rings. The lowest BCUT2D eigenvalue weighted by Gasteiger charge is -2.42. The molecule has 0 bridgehead atoms. The summed E-state index contributed by atoms with van der Waals surface area (Å²) in [6.45, 7) is 5.44. The summed E-state index contributed by atoms with van der Waals surface area (Å²) in [5.74, 6) is -9.74. The fraction of sp³-hybridized carbons (Fsp3) is 0.544. The van der Waals surface area contributed by atoms with Crippen LogP contribution in [-0.2, 0) is 35.2 Å². The van der Waals surface area contributed by atoms with E-state index >= 15 is 0 Å². The minimum absolute atomic E-state index is 0.0572. The van der Waals surface area contributed by atoms with Crippen LogP contribution in [0.3, 0.4) is 0 Å². The number of aryl methyl sites for hydroxylation is 1. The number of aromatic hydroxyl groups is 1. The number of piperazine rings is 1. The van der Waals surface area contributed by atoms with Gasteiger partial charge < -0.3 is 96.7 Å². The molecule has 1 saturated carbocycles. The van der Waals surface area contributed by atoms with Crippen LogP contribution in [0.4, 0.5) is 5.69 Å². The number of rotatable bonds is 19. The Bertz CT molecular complexity index is 3420. The van der Waals surface area contributed by atoms with Crippen molar-refractivity contribution in [1.82, 2.24) is 46.6 Å². The maximum absolute atomic E-state index is 15.0. The second-order valence-electron chi connectivity index (χ2n) is 26.7. The normalized spacial score (nSPS) is 27.8. The van der Waals surface area contributed by atoms with Crippen LogP contribution in [-0.4, -0.2) is 266 Å². The Balaban J connectivity index is 0.948. The average Bonchev–Trinajstić information content (AvgIpc) is 1.69. The van der Waals surface area contributed by atoms with Crippen LogP contribution < -0.4 is 41.0 Å². The first-order valence-electron chi connectivity index (χ1n) is 33.5. The minimum Gasteiger partial charge on any atom is -0.504 e. The van der Waals surface area contributed by atoms with E-state index in [0.717, 1.165) is 71.8 Å². The third-order valence-corrected chi connectivity index (χ3v) is 19.9. The molecule has 0 radical (unpaired) electrons. The predicted octanol–water partition coefficient (Wildman–Crippen LogP) is -0.985. The fourth-order valence-electron chi connectivity index (χ4n) is 13.8. The molecular formula is C68H94N10O20S. The number of phenols is 1. The number of phenolic OH excluding ortho intramolecular Hbond substituents is 1. The van der Waals surface area contributed by atoms with Gasteiger partial charge in [-0.2, -0.15) is 0 Å². The van der Waals surface area contributed by atoms with Gasteiger partial charge in [0.05, 0.1) is 55.9 Å². The molecule has 4 saturated heterocycles. The molecule has 0 spiro atoms. The van der Waals surface area contributed by atoms with Crippen LogP contribution in [0, 0.1) is 12.8 Å². The third-order valence-electron chi connectivity index (χ3n) is 19.5. The number of benzene rings is 4. The van der Waals surface area contributed by atoms with Crippen LogP contribution in [0.1, 0.15) is 91.8 Å². The number of hydrogen-bond acceptors (Lipinski definition) is 23. The van der Waals surface area contributed by atoms with E-state index in [4.69, 9.17) is 0 Å². The maximum atomic E-state index is 15.0. The van der Waals surface area contributed by atoms with Gasteiger partial charge in [0.2, 0.25) is 35.4 Å². The Labute approximate surface area is 575 Å². The van der Waals surface area contributed by atoms with Gasteiger partial charge in [-0.25, -0.2) is 0 Å². The van der Waals surface area contributed by atoms with Crippen molar-refractivity contribution in [3.05, 3.63) is 113 Å². The number of nitrogens with zero attached hydrogens (tertiary/aromatic N) is 4. The molecule has 5 fully saturated rings. The Morgan fingerprint density at radius 2 is 1.30 bits per heavy atom. The van der Waals surface area contributed by atoms with E-state index in [9.17, 15) is 93.2 Å². The van der Waals surface area contributed by atoms with Gasteiger partial charge in [0.25, 0.3) is 17.1 Å². The Morgan fingerprint density at radius 3 is 1.93 bits per heavy atom. The smallest absolute Gasteiger partial charge is 0.266 e. The lowest BCUT2D eigenvalue weighted by atomic mass is 9.81. The molecule has 13 atom stereocenters. The van der Waals surface area contributed by atoms with Crippen molar-refractivity contribution in [2.75, 3.05) is 70.5 Å². The second-order valence-corrected chi connectivity index (χ2v) is 27.8. The largest absolute Gasteiger partial charge is 0.504 e. The minimum atomic E-state index is -4.74. The summed E-state index contributed by atoms with van der Waals surface area (Å²) in [6, 6.07) is 14.7. The number of nitrogens with one attached hydrogen (secondary N) is 6. The topological polar surface area (TPSA) is 457 Å². The number of amides is 7. The number of aliphatic hydroxyl groups excluding tert-OH is 8. The maximum Gasteiger partial charge on any atom is 0.266 e. The number of hydrogen-bond donors (Lipinski definition) is 18. The van der Waals surface area contributed by atoms with E-state index in [1.807, 2.05) is 12.1 Å². The first kappa shape index (κ1) is 75.6. The lowest BCUT2D eigenvalue weighted by molar-refractivity contribution is -0.147. The predicted molar refractivity (Wildman–Crippen MR) is 362 cm³/mol. The highest BCUT2D eigenvalue weighted by atomic mass is 32.3. The van der Waals surface area contributed by atoms with E-state index < -0.39 is 201 Å². The lowest BCUT2D eigenvalue weighted by Crippen LogP contribution is -2.64. The Hall–Kier alpha value is -7.60. The van der Waals surface area contributed by atoms with Crippen molar-refractivity contribution in [2.45, 2.75) is 163 Å². The van der Waals surface area contributed by atoms with Gasteiger partial charge >= 0.3 is 0 Å². The van der Waals surface area contributed by atoms with Gasteiger partial charge in [-0.15, -0.1) is 0 Å². The van der Waals surface area contributed by atoms with E-state index in [1.54, 1.807) is 12.1 Å². The molecule has 7 amide bonds. The van der Waals surface area contributed by atoms with Gasteiger partial charge in [-0.3, -0.25) is 52.1 Å². The van der Waals surface area contributed by atoms with E-state index in [2.05, 4.69) is 89.2 Å². The van der Waals surface area contributed by atoms with Crippen LogP contribution in [0.25, 0.3) is 11.1 Å². The van der Waals surface area contributed by atoms with Crippen molar-refractivity contribution in [2.24, 2.45) is 5.92 Å². The molecule has 4 heterocycles. The molecule has 0 aromatic heterocycles. The second kappa shape index (κ2) is 33.7. The van der Waals surface area contributed by atoms with Gasteiger partial charge in [0, 0.05) is 88.3 Å². The van der Waals surface area contributed by atoms with Gasteiger partial charge in [-0.05, 0) is 117 Å². The van der Waals surface area contributed by atoms with Gasteiger partial charge in [-0.1, -0.05) is 67.1 Å². The number of β-amino-alcohol motifs (C(OH)–C–C–N with tert-alkyl or cyclic N) is 1. The highest BCUT2D eigenvalue weighted by Crippen LogP contribution is 2.41. The summed E-state index contributed by atoms with van der Waals surface area (Å²) in [6.07, 6.45) is -8.21. The highest BCUT2D eigenvalue weighted by molar-refractivity contribution is 8.15. The fourth-order valence-corrected chi connectivity index (χ4v) is 14.2. The van der Waals surface area contributed by atoms with E-state index in [1.165, 1.54) is 61.9 Å². The first-order valence-corrected chi connectivity index (χ1v) is 34.9. The van der Waals surface area contributed by atoms with Crippen molar-refractivity contribution >= 4 is 58.2 Å². The molecular weight excluding hydrogens is 1310 g/mol. The zero-order chi connectivity index (χ0) is 71.6. The number of carbonyl (C=O) groups excluding carboxylic acids is 7. The molecule has 18 N–H and O–H groups in total. The highest BCUT2D eigenvalue weighted by Gasteiger charge is 2.50. The van der Waals surface area contributed by atoms with Crippen molar-refractivity contribution in [3.8, 4) is 22.6 Å². The number of fused-ring (bicyclic) bond motifs is 2. The summed E-state index contributed by atoms with van der Waals surface area (Å²) in [7, 11) is 0. The monoisotopic (exact) mass is 1400 g/mol. The summed E-state index contributed by atoms with van der Waals surface area (Å²) < 4.78 is 33.4. The van der Waals surface area contributed by atoms with E-state index in [0.29, 0.717) is 12.0 Å². The van der Waals surface area contributed by atoms with Gasteiger partial charge in [0.15, 0.2) is 11.5 Å². The molecule has 4 aromatic carbocycles. The quantitative estimate of drug-likeness (QED) is 0.0536. The standard InChI is InChI=1S/C68H94N10O20S/c1-37-4-7-41(8-5-37)43-13-17-47(18-14-43)75-24-26-76(27-25-75)48-19-15-44(16-20-48)42-9-11-45(12-10-42)62(88)71-51-30-49(82)32-70-66(92)60-61(87)38(2)33-78(60)68(94)59(54(85)22-23-69-46(35-79)36-80)74-65(91)58(55(86)28-40-6-21-53(84)56(29-40)98-99(95,96)97)73-64(90)52-31-50(83)34-77(52)67(93)57(39(3)81)72-63(51)89/h4-12,15-16,19-21,29,38-39,43,46-47,49-52,54-55,57-61,69,79-87,95-97H,13-14,17-18,22-28,30-36H2,1-3H3,(H,70,92)(H,71,88)(H,72,89)(H,73,90)(H,74,91)/t38-,39+,43?,47?,49+,50+,51?,52-,54+,55+,57-,58-,59-,60-,61-/m0/s1. The molecule has 31 heteroatoms. The summed E-state index contributed by atoms with van der Waals surface area (Å²) in [5.41, 5.74) is 5.41. The Kier molecular flexibility index (Phi) is 25.7. The van der Waals surface area contributed by atoms with Crippen molar-refractivity contribution in [3.63, 3.8) is 0 Å². The Morgan fingerprint density at radius 1 is 0.687 bits per heavy atom. The van der Waals surface area contributed by atoms with Crippen molar-refractivity contribution < 1.29 is 97.4 Å². The average molecular weight is 1400 g/mol. The van der Waals surface area contributed by atoms with E-state index in [-0.39, 0.29) is 24.2 Å². The zero-order valence-electron chi connectivity index (χ0n) is 55.5. The molecule has 99 heavy (non-hydrogen) atoms. The molecule has 5 aliphatic rings. The zero-order valence-corrected chi connectivity index (χ0v) is 56.3. The van der Waals surface area contributed by atoms with Crippen molar-refractivity contribution in [1.29, 1.82) is 0 Å². The van der Waals surface area contributed by atoms with Crippen LogP contribution in [0.15, 0.2) is 91.0 Å². The van der Waals surface area contributed by atoms with Crippen LogP contribution in [0.2, 0.25) is 0 Å². The molecule has 1 unspecified atom stereocenters. The molecule has 1 aliphatic carbocycles. The summed E-state index contributed by atoms with van der Waals surface area (Å²) in [4.78, 5) is 109. The molecule has 30 nitrogen and oxygen atoms in total. The molecule has 542 valence electrons.